The average Bonchev–Trinajstić information content (AvgIpc) is 3.24. The van der Waals surface area contributed by atoms with Gasteiger partial charge in [0.15, 0.2) is 5.69 Å². The fourth-order valence-electron chi connectivity index (χ4n) is 3.86. The Balaban J connectivity index is 1.71. The van der Waals surface area contributed by atoms with Crippen LogP contribution in [0, 0.1) is 5.92 Å². The van der Waals surface area contributed by atoms with E-state index >= 15 is 0 Å². The van der Waals surface area contributed by atoms with E-state index < -0.39 is 5.54 Å². The minimum Gasteiger partial charge on any atom is -0.337 e. The zero-order valence-electron chi connectivity index (χ0n) is 15.0. The zero-order chi connectivity index (χ0) is 18.9. The fourth-order valence-corrected chi connectivity index (χ4v) is 4.27. The topological polar surface area (TPSA) is 95.5 Å². The van der Waals surface area contributed by atoms with Gasteiger partial charge in [0, 0.05) is 13.1 Å². The number of hydrogen-bond donors (Lipinski definition) is 1. The van der Waals surface area contributed by atoms with E-state index in [0.717, 1.165) is 17.3 Å². The maximum absolute atomic E-state index is 13.0. The van der Waals surface area contributed by atoms with Crippen LogP contribution in [0.2, 0.25) is 0 Å². The Morgan fingerprint density at radius 2 is 2.12 bits per heavy atom. The van der Waals surface area contributed by atoms with Crippen LogP contribution < -0.4 is 5.32 Å². The number of imide groups is 1. The Morgan fingerprint density at radius 1 is 1.42 bits per heavy atom. The molecule has 1 aromatic heterocycles. The van der Waals surface area contributed by atoms with E-state index in [1.807, 2.05) is 6.92 Å². The lowest BCUT2D eigenvalue weighted by Crippen LogP contribution is -2.56. The number of carbonyl (C=O) groups excluding carboxylic acids is 3. The smallest absolute Gasteiger partial charge is 0.325 e. The molecule has 8 nitrogen and oxygen atoms in total. The van der Waals surface area contributed by atoms with Crippen LogP contribution in [-0.2, 0) is 4.79 Å². The van der Waals surface area contributed by atoms with Crippen molar-refractivity contribution in [3.63, 3.8) is 0 Å². The molecule has 2 saturated heterocycles. The van der Waals surface area contributed by atoms with Crippen molar-refractivity contribution in [1.82, 2.24) is 23.9 Å². The van der Waals surface area contributed by atoms with Gasteiger partial charge in [-0.2, -0.15) is 8.75 Å². The number of piperidine rings is 1. The number of urea groups is 1. The second-order valence-electron chi connectivity index (χ2n) is 6.96. The van der Waals surface area contributed by atoms with Crippen LogP contribution in [0.1, 0.15) is 43.6 Å². The molecule has 3 rings (SSSR count). The predicted octanol–water partition coefficient (Wildman–Crippen LogP) is 1.67. The largest absolute Gasteiger partial charge is 0.337 e. The molecular formula is C17H23N5O3S. The van der Waals surface area contributed by atoms with E-state index in [9.17, 15) is 14.4 Å². The van der Waals surface area contributed by atoms with Crippen LogP contribution in [0.25, 0.3) is 0 Å². The number of nitrogens with one attached hydrogen (secondary N) is 1. The standard InChI is InChI=1S/C17H23N5O3S/c1-4-17(15(24)22(10-11(2)3)16(25)19-17)12-5-7-21(8-6-12)14(23)13-9-18-26-20-13/h9,12H,2,4-8,10H2,1,3H3,(H,19,25). The molecule has 0 spiro atoms. The Bertz CT molecular complexity index is 727. The quantitative estimate of drug-likeness (QED) is 0.622. The maximum atomic E-state index is 13.0. The molecule has 2 aliphatic heterocycles. The molecule has 140 valence electrons. The number of carbonyl (C=O) groups is 3. The average molecular weight is 377 g/mol. The molecule has 0 aromatic carbocycles. The number of likely N-dealkylation sites (tertiary alicyclic amines) is 1. The van der Waals surface area contributed by atoms with Crippen LogP contribution in [-0.4, -0.2) is 61.6 Å². The molecule has 1 N–H and O–H groups in total. The summed E-state index contributed by atoms with van der Waals surface area (Å²) in [6.45, 7) is 8.82. The lowest BCUT2D eigenvalue weighted by Gasteiger charge is -2.40. The van der Waals surface area contributed by atoms with Crippen molar-refractivity contribution < 1.29 is 14.4 Å². The van der Waals surface area contributed by atoms with Gasteiger partial charge >= 0.3 is 6.03 Å². The first-order chi connectivity index (χ1) is 12.4. The van der Waals surface area contributed by atoms with Gasteiger partial charge in [-0.25, -0.2) is 4.79 Å². The summed E-state index contributed by atoms with van der Waals surface area (Å²) in [5, 5.41) is 2.94. The van der Waals surface area contributed by atoms with Gasteiger partial charge in [0.05, 0.1) is 24.5 Å². The number of aromatic nitrogens is 2. The summed E-state index contributed by atoms with van der Waals surface area (Å²) in [5.41, 5.74) is 0.235. The van der Waals surface area contributed by atoms with Gasteiger partial charge in [-0.15, -0.1) is 0 Å². The highest BCUT2D eigenvalue weighted by atomic mass is 32.1. The Labute approximate surface area is 156 Å². The first-order valence-corrected chi connectivity index (χ1v) is 9.47. The summed E-state index contributed by atoms with van der Waals surface area (Å²) in [7, 11) is 0. The highest BCUT2D eigenvalue weighted by Crippen LogP contribution is 2.36. The monoisotopic (exact) mass is 377 g/mol. The Kier molecular flexibility index (Phi) is 5.08. The highest BCUT2D eigenvalue weighted by Gasteiger charge is 2.54. The van der Waals surface area contributed by atoms with Gasteiger partial charge in [-0.1, -0.05) is 19.1 Å². The summed E-state index contributed by atoms with van der Waals surface area (Å²) in [6.07, 6.45) is 3.32. The third-order valence-electron chi connectivity index (χ3n) is 5.25. The number of rotatable bonds is 5. The van der Waals surface area contributed by atoms with Crippen LogP contribution in [0.15, 0.2) is 18.3 Å². The molecule has 0 radical (unpaired) electrons. The molecular weight excluding hydrogens is 354 g/mol. The summed E-state index contributed by atoms with van der Waals surface area (Å²) in [6, 6.07) is -0.355. The molecule has 2 aliphatic rings. The lowest BCUT2D eigenvalue weighted by atomic mass is 9.75. The summed E-state index contributed by atoms with van der Waals surface area (Å²) in [5.74, 6) is -0.313. The van der Waals surface area contributed by atoms with Crippen LogP contribution in [0.5, 0.6) is 0 Å². The van der Waals surface area contributed by atoms with Crippen molar-refractivity contribution in [3.05, 3.63) is 24.0 Å². The van der Waals surface area contributed by atoms with Gasteiger partial charge in [0.1, 0.15) is 5.54 Å². The Morgan fingerprint density at radius 3 is 2.65 bits per heavy atom. The molecule has 0 saturated carbocycles. The highest BCUT2D eigenvalue weighted by molar-refractivity contribution is 6.99. The van der Waals surface area contributed by atoms with E-state index in [4.69, 9.17) is 0 Å². The number of nitrogens with zero attached hydrogens (tertiary/aromatic N) is 4. The summed E-state index contributed by atoms with van der Waals surface area (Å²) in [4.78, 5) is 40.7. The molecule has 1 atom stereocenters. The first kappa shape index (κ1) is 18.5. The molecule has 2 fully saturated rings. The van der Waals surface area contributed by atoms with Crippen molar-refractivity contribution >= 4 is 29.6 Å². The molecule has 1 aromatic rings. The molecule has 4 amide bonds. The third-order valence-corrected chi connectivity index (χ3v) is 5.73. The van der Waals surface area contributed by atoms with Gasteiger partial charge < -0.3 is 10.2 Å². The minimum absolute atomic E-state index is 0.00307. The van der Waals surface area contributed by atoms with E-state index in [0.29, 0.717) is 38.0 Å². The normalized spacial score (nSPS) is 24.1. The molecule has 26 heavy (non-hydrogen) atoms. The van der Waals surface area contributed by atoms with Gasteiger partial charge in [0.25, 0.3) is 11.8 Å². The molecule has 1 unspecified atom stereocenters. The van der Waals surface area contributed by atoms with Crippen LogP contribution in [0.4, 0.5) is 4.79 Å². The lowest BCUT2D eigenvalue weighted by molar-refractivity contribution is -0.133. The van der Waals surface area contributed by atoms with E-state index in [1.165, 1.54) is 11.1 Å². The predicted molar refractivity (Wildman–Crippen MR) is 96.6 cm³/mol. The van der Waals surface area contributed by atoms with Crippen molar-refractivity contribution in [2.75, 3.05) is 19.6 Å². The second kappa shape index (κ2) is 7.14. The Hall–Kier alpha value is -2.29. The van der Waals surface area contributed by atoms with Crippen molar-refractivity contribution in [2.45, 2.75) is 38.6 Å². The van der Waals surface area contributed by atoms with Crippen molar-refractivity contribution in [2.24, 2.45) is 5.92 Å². The van der Waals surface area contributed by atoms with E-state index in [-0.39, 0.29) is 30.3 Å². The van der Waals surface area contributed by atoms with Gasteiger partial charge in [0.2, 0.25) is 0 Å². The number of amides is 4. The van der Waals surface area contributed by atoms with Crippen molar-refractivity contribution in [3.8, 4) is 0 Å². The third kappa shape index (κ3) is 3.11. The second-order valence-corrected chi connectivity index (χ2v) is 7.52. The molecule has 0 bridgehead atoms. The van der Waals surface area contributed by atoms with Crippen molar-refractivity contribution in [1.29, 1.82) is 0 Å². The molecule has 9 heteroatoms. The zero-order valence-corrected chi connectivity index (χ0v) is 15.8. The van der Waals surface area contributed by atoms with Gasteiger partial charge in [-0.05, 0) is 32.1 Å². The van der Waals surface area contributed by atoms with E-state index in [1.54, 1.807) is 11.8 Å². The molecule has 0 aliphatic carbocycles. The first-order valence-electron chi connectivity index (χ1n) is 8.74. The van der Waals surface area contributed by atoms with Crippen LogP contribution in [0.3, 0.4) is 0 Å². The SMILES string of the molecule is C=C(C)CN1C(=O)NC(CC)(C2CCN(C(=O)c3cnsn3)CC2)C1=O. The number of hydrogen-bond acceptors (Lipinski definition) is 6. The fraction of sp³-hybridized carbons (Fsp3) is 0.588. The summed E-state index contributed by atoms with van der Waals surface area (Å²) >= 11 is 1.01. The maximum Gasteiger partial charge on any atom is 0.325 e. The van der Waals surface area contributed by atoms with Crippen LogP contribution >= 0.6 is 11.7 Å². The van der Waals surface area contributed by atoms with Gasteiger partial charge in [-0.3, -0.25) is 14.5 Å². The molecule has 3 heterocycles. The minimum atomic E-state index is -0.885. The summed E-state index contributed by atoms with van der Waals surface area (Å²) < 4.78 is 7.86. The van der Waals surface area contributed by atoms with E-state index in [2.05, 4.69) is 20.6 Å².